The van der Waals surface area contributed by atoms with Gasteiger partial charge in [0.05, 0.1) is 24.1 Å². The Morgan fingerprint density at radius 3 is 2.34 bits per heavy atom. The lowest BCUT2D eigenvalue weighted by Crippen LogP contribution is -2.44. The van der Waals surface area contributed by atoms with E-state index in [9.17, 15) is 19.1 Å². The number of hydrogen-bond donors (Lipinski definition) is 3. The quantitative estimate of drug-likeness (QED) is 0.551. The van der Waals surface area contributed by atoms with Crippen LogP contribution >= 0.6 is 11.6 Å². The Morgan fingerprint density at radius 2 is 1.78 bits per heavy atom. The summed E-state index contributed by atoms with van der Waals surface area (Å²) in [4.78, 5) is 25.2. The van der Waals surface area contributed by atoms with Gasteiger partial charge in [0.1, 0.15) is 11.6 Å². The molecule has 2 aromatic carbocycles. The van der Waals surface area contributed by atoms with Crippen molar-refractivity contribution >= 4 is 23.4 Å². The first-order valence-electron chi connectivity index (χ1n) is 10.6. The minimum absolute atomic E-state index is 0.180. The van der Waals surface area contributed by atoms with Crippen LogP contribution in [0.15, 0.2) is 42.5 Å². The largest absolute Gasteiger partial charge is 0.484 e. The molecule has 0 saturated carbocycles. The Hall–Kier alpha value is -2.64. The van der Waals surface area contributed by atoms with Crippen molar-refractivity contribution in [2.24, 2.45) is 5.41 Å². The van der Waals surface area contributed by atoms with Crippen LogP contribution in [0.3, 0.4) is 0 Å². The molecular weight excluding hydrogens is 435 g/mol. The van der Waals surface area contributed by atoms with Crippen molar-refractivity contribution in [1.29, 1.82) is 0 Å². The zero-order valence-corrected chi connectivity index (χ0v) is 18.9. The van der Waals surface area contributed by atoms with Gasteiger partial charge in [0, 0.05) is 11.1 Å². The van der Waals surface area contributed by atoms with Crippen LogP contribution in [-0.4, -0.2) is 30.1 Å². The second-order valence-corrected chi connectivity index (χ2v) is 8.76. The predicted molar refractivity (Wildman–Crippen MR) is 120 cm³/mol. The SMILES string of the molecule is CCC(C)(CO)C(=O)NC1CCC(NC(=O)COc2cc(F)cc(Cl)c2)c2ccccc21. The maximum Gasteiger partial charge on any atom is 0.258 e. The monoisotopic (exact) mass is 462 g/mol. The number of nitrogens with one attached hydrogen (secondary N) is 2. The van der Waals surface area contributed by atoms with E-state index in [1.165, 1.54) is 12.1 Å². The van der Waals surface area contributed by atoms with Crippen molar-refractivity contribution in [2.45, 2.75) is 45.2 Å². The molecule has 0 spiro atoms. The van der Waals surface area contributed by atoms with Gasteiger partial charge >= 0.3 is 0 Å². The second kappa shape index (κ2) is 10.3. The van der Waals surface area contributed by atoms with E-state index in [1.54, 1.807) is 6.92 Å². The third-order valence-corrected chi connectivity index (χ3v) is 6.23. The van der Waals surface area contributed by atoms with Crippen molar-refractivity contribution in [3.8, 4) is 5.75 Å². The molecule has 0 bridgehead atoms. The first-order chi connectivity index (χ1) is 15.3. The maximum atomic E-state index is 13.4. The smallest absolute Gasteiger partial charge is 0.258 e. The molecule has 172 valence electrons. The molecule has 0 heterocycles. The number of benzene rings is 2. The number of aliphatic hydroxyl groups excluding tert-OH is 1. The predicted octanol–water partition coefficient (Wildman–Crippen LogP) is 4.08. The molecule has 32 heavy (non-hydrogen) atoms. The van der Waals surface area contributed by atoms with Crippen molar-refractivity contribution in [3.63, 3.8) is 0 Å². The van der Waals surface area contributed by atoms with Crippen LogP contribution in [0.2, 0.25) is 5.02 Å². The normalized spacial score (nSPS) is 19.4. The lowest BCUT2D eigenvalue weighted by atomic mass is 9.82. The van der Waals surface area contributed by atoms with Gasteiger partial charge < -0.3 is 20.5 Å². The molecule has 3 N–H and O–H groups in total. The minimum Gasteiger partial charge on any atom is -0.484 e. The molecule has 3 unspecified atom stereocenters. The standard InChI is InChI=1S/C24H28ClFN2O4/c1-3-24(2,14-29)23(31)28-21-9-8-20(18-6-4-5-7-19(18)21)27-22(30)13-32-17-11-15(25)10-16(26)12-17/h4-7,10-12,20-21,29H,3,8-9,13-14H2,1-2H3,(H,27,30)(H,28,31). The minimum atomic E-state index is -0.836. The van der Waals surface area contributed by atoms with Gasteiger partial charge in [0.25, 0.3) is 5.91 Å². The average Bonchev–Trinajstić information content (AvgIpc) is 2.78. The lowest BCUT2D eigenvalue weighted by Gasteiger charge is -2.35. The Labute approximate surface area is 192 Å². The van der Waals surface area contributed by atoms with Crippen LogP contribution in [0.5, 0.6) is 5.75 Å². The number of ether oxygens (including phenoxy) is 1. The van der Waals surface area contributed by atoms with E-state index < -0.39 is 11.2 Å². The van der Waals surface area contributed by atoms with Crippen molar-refractivity contribution < 1.29 is 23.8 Å². The number of hydrogen-bond acceptors (Lipinski definition) is 4. The number of carbonyl (C=O) groups excluding carboxylic acids is 2. The van der Waals surface area contributed by atoms with E-state index in [1.807, 2.05) is 31.2 Å². The molecule has 6 nitrogen and oxygen atoms in total. The molecule has 3 atom stereocenters. The Morgan fingerprint density at radius 1 is 1.16 bits per heavy atom. The van der Waals surface area contributed by atoms with Gasteiger partial charge in [-0.3, -0.25) is 9.59 Å². The summed E-state index contributed by atoms with van der Waals surface area (Å²) in [7, 11) is 0. The van der Waals surface area contributed by atoms with E-state index in [-0.39, 0.29) is 47.9 Å². The van der Waals surface area contributed by atoms with E-state index in [0.717, 1.165) is 17.2 Å². The van der Waals surface area contributed by atoms with Crippen molar-refractivity contribution in [2.75, 3.05) is 13.2 Å². The summed E-state index contributed by atoms with van der Waals surface area (Å²) in [5.41, 5.74) is 1.02. The fourth-order valence-corrected chi connectivity index (χ4v) is 3.97. The Balaban J connectivity index is 1.66. The fourth-order valence-electron chi connectivity index (χ4n) is 3.76. The molecule has 0 aliphatic heterocycles. The highest BCUT2D eigenvalue weighted by molar-refractivity contribution is 6.30. The van der Waals surface area contributed by atoms with E-state index in [0.29, 0.717) is 19.3 Å². The van der Waals surface area contributed by atoms with Gasteiger partial charge in [-0.05, 0) is 49.4 Å². The highest BCUT2D eigenvalue weighted by Crippen LogP contribution is 2.37. The average molecular weight is 463 g/mol. The number of carbonyl (C=O) groups is 2. The summed E-state index contributed by atoms with van der Waals surface area (Å²) >= 11 is 5.81. The zero-order chi connectivity index (χ0) is 23.3. The molecule has 0 aromatic heterocycles. The van der Waals surface area contributed by atoms with Gasteiger partial charge in [-0.1, -0.05) is 42.8 Å². The van der Waals surface area contributed by atoms with Crippen LogP contribution in [0.25, 0.3) is 0 Å². The number of rotatable bonds is 8. The molecule has 3 rings (SSSR count). The third kappa shape index (κ3) is 5.58. The lowest BCUT2D eigenvalue weighted by molar-refractivity contribution is -0.133. The number of aliphatic hydroxyl groups is 1. The van der Waals surface area contributed by atoms with Gasteiger partial charge in [-0.15, -0.1) is 0 Å². The Kier molecular flexibility index (Phi) is 7.74. The molecule has 2 amide bonds. The van der Waals surface area contributed by atoms with Crippen molar-refractivity contribution in [3.05, 3.63) is 64.4 Å². The number of halogens is 2. The first kappa shape index (κ1) is 24.0. The highest BCUT2D eigenvalue weighted by atomic mass is 35.5. The summed E-state index contributed by atoms with van der Waals surface area (Å²) < 4.78 is 18.8. The van der Waals surface area contributed by atoms with Crippen LogP contribution in [0, 0.1) is 11.2 Å². The summed E-state index contributed by atoms with van der Waals surface area (Å²) in [5, 5.41) is 15.8. The van der Waals surface area contributed by atoms with Gasteiger partial charge in [-0.2, -0.15) is 0 Å². The molecular formula is C24H28ClFN2O4. The van der Waals surface area contributed by atoms with Crippen LogP contribution < -0.4 is 15.4 Å². The van der Waals surface area contributed by atoms with E-state index >= 15 is 0 Å². The molecule has 0 fully saturated rings. The zero-order valence-electron chi connectivity index (χ0n) is 18.2. The molecule has 0 radical (unpaired) electrons. The van der Waals surface area contributed by atoms with Crippen molar-refractivity contribution in [1.82, 2.24) is 10.6 Å². The van der Waals surface area contributed by atoms with E-state index in [2.05, 4.69) is 10.6 Å². The number of amides is 2. The van der Waals surface area contributed by atoms with Crippen LogP contribution in [0.1, 0.15) is 56.3 Å². The molecule has 8 heteroatoms. The first-order valence-corrected chi connectivity index (χ1v) is 11.0. The summed E-state index contributed by atoms with van der Waals surface area (Å²) in [6.07, 6.45) is 1.79. The summed E-state index contributed by atoms with van der Waals surface area (Å²) in [5.74, 6) is -0.888. The third-order valence-electron chi connectivity index (χ3n) is 6.01. The summed E-state index contributed by atoms with van der Waals surface area (Å²) in [6, 6.07) is 11.0. The second-order valence-electron chi connectivity index (χ2n) is 8.32. The van der Waals surface area contributed by atoms with Gasteiger partial charge in [0.15, 0.2) is 6.61 Å². The molecule has 2 aromatic rings. The fraction of sp³-hybridized carbons (Fsp3) is 0.417. The molecule has 0 saturated heterocycles. The van der Waals surface area contributed by atoms with E-state index in [4.69, 9.17) is 16.3 Å². The van der Waals surface area contributed by atoms with Crippen LogP contribution in [-0.2, 0) is 9.59 Å². The highest BCUT2D eigenvalue weighted by Gasteiger charge is 2.35. The topological polar surface area (TPSA) is 87.7 Å². The van der Waals surface area contributed by atoms with Gasteiger partial charge in [-0.25, -0.2) is 4.39 Å². The number of fused-ring (bicyclic) bond motifs is 1. The van der Waals surface area contributed by atoms with Gasteiger partial charge in [0.2, 0.25) is 5.91 Å². The van der Waals surface area contributed by atoms with Crippen LogP contribution in [0.4, 0.5) is 4.39 Å². The molecule has 1 aliphatic carbocycles. The molecule has 1 aliphatic rings. The Bertz CT molecular complexity index is 960. The summed E-state index contributed by atoms with van der Waals surface area (Å²) in [6.45, 7) is 3.12. The maximum absolute atomic E-state index is 13.4.